The van der Waals surface area contributed by atoms with E-state index < -0.39 is 0 Å². The van der Waals surface area contributed by atoms with Gasteiger partial charge in [0.2, 0.25) is 5.91 Å². The number of phenols is 1. The van der Waals surface area contributed by atoms with Gasteiger partial charge >= 0.3 is 0 Å². The van der Waals surface area contributed by atoms with Gasteiger partial charge in [-0.2, -0.15) is 0 Å². The Kier molecular flexibility index (Phi) is 5.97. The minimum absolute atomic E-state index is 0.0789. The van der Waals surface area contributed by atoms with Gasteiger partial charge in [0.05, 0.1) is 17.8 Å². The Balaban J connectivity index is 1.51. The molecule has 4 aromatic rings. The van der Waals surface area contributed by atoms with Gasteiger partial charge in [-0.25, -0.2) is 0 Å². The number of pyridine rings is 1. The zero-order chi connectivity index (χ0) is 23.5. The normalized spacial score (nSPS) is 17.4. The predicted octanol–water partition coefficient (Wildman–Crippen LogP) is 4.19. The Morgan fingerprint density at radius 3 is 2.50 bits per heavy atom. The van der Waals surface area contributed by atoms with E-state index >= 15 is 0 Å². The monoisotopic (exact) mass is 469 g/mol. The van der Waals surface area contributed by atoms with Crippen molar-refractivity contribution in [2.45, 2.75) is 12.1 Å². The molecule has 1 amide bonds. The first-order valence-electron chi connectivity index (χ1n) is 10.9. The highest BCUT2D eigenvalue weighted by molar-refractivity contribution is 7.80. The number of carbonyl (C=O) groups excluding carboxylic acids is 1. The summed E-state index contributed by atoms with van der Waals surface area (Å²) in [6, 6.07) is 25.6. The number of nitrogens with zero attached hydrogens (tertiary/aromatic N) is 3. The van der Waals surface area contributed by atoms with Gasteiger partial charge in [-0.3, -0.25) is 9.78 Å². The fourth-order valence-electron chi connectivity index (χ4n) is 4.26. The van der Waals surface area contributed by atoms with E-state index in [1.54, 1.807) is 18.3 Å². The number of thiocarbonyl (C=S) groups is 1. The van der Waals surface area contributed by atoms with Crippen molar-refractivity contribution in [3.8, 4) is 11.4 Å². The molecule has 8 heteroatoms. The summed E-state index contributed by atoms with van der Waals surface area (Å²) in [7, 11) is 0. The average molecular weight is 470 g/mol. The number of hydrogen-bond acceptors (Lipinski definition) is 4. The standard InChI is InChI=1S/C26H23N5O2S/c32-20-13-11-19(12-14-20)30-16-6-10-22(30)25-24(21-9-4-5-15-27-21)29-26(34)31(25)17-23(33)28-18-7-2-1-3-8-18/h1-16,24-25,32H,17H2,(H,28,33)(H,29,34)/t24-,25-/m0/s1. The molecule has 2 aromatic heterocycles. The van der Waals surface area contributed by atoms with Crippen LogP contribution in [0.25, 0.3) is 5.69 Å². The average Bonchev–Trinajstić information content (AvgIpc) is 3.45. The van der Waals surface area contributed by atoms with Crippen molar-refractivity contribution in [3.63, 3.8) is 0 Å². The number of para-hydroxylation sites is 1. The number of rotatable bonds is 6. The van der Waals surface area contributed by atoms with Crippen molar-refractivity contribution in [2.24, 2.45) is 0 Å². The summed E-state index contributed by atoms with van der Waals surface area (Å²) in [4.78, 5) is 19.4. The molecule has 2 atom stereocenters. The first-order valence-corrected chi connectivity index (χ1v) is 11.3. The summed E-state index contributed by atoms with van der Waals surface area (Å²) in [6.07, 6.45) is 3.71. The maximum atomic E-state index is 13.0. The first kappa shape index (κ1) is 21.7. The number of carbonyl (C=O) groups is 1. The molecule has 0 saturated carbocycles. The second kappa shape index (κ2) is 9.36. The van der Waals surface area contributed by atoms with Gasteiger partial charge in [0.15, 0.2) is 5.11 Å². The Labute approximate surface area is 202 Å². The summed E-state index contributed by atoms with van der Waals surface area (Å²) in [5, 5.41) is 16.5. The minimum Gasteiger partial charge on any atom is -0.508 e. The Morgan fingerprint density at radius 2 is 1.76 bits per heavy atom. The van der Waals surface area contributed by atoms with E-state index in [2.05, 4.69) is 15.6 Å². The number of nitrogens with one attached hydrogen (secondary N) is 2. The van der Waals surface area contributed by atoms with Gasteiger partial charge in [-0.1, -0.05) is 24.3 Å². The van der Waals surface area contributed by atoms with Crippen LogP contribution < -0.4 is 10.6 Å². The van der Waals surface area contributed by atoms with E-state index in [1.165, 1.54) is 0 Å². The van der Waals surface area contributed by atoms with Crippen LogP contribution in [0.15, 0.2) is 97.3 Å². The molecule has 1 aliphatic heterocycles. The fraction of sp³-hybridized carbons (Fsp3) is 0.115. The first-order chi connectivity index (χ1) is 16.6. The third kappa shape index (κ3) is 4.35. The van der Waals surface area contributed by atoms with Crippen LogP contribution in [0.1, 0.15) is 23.5 Å². The highest BCUT2D eigenvalue weighted by atomic mass is 32.1. The van der Waals surface area contributed by atoms with Crippen molar-refractivity contribution < 1.29 is 9.90 Å². The second-order valence-corrected chi connectivity index (χ2v) is 8.37. The maximum Gasteiger partial charge on any atom is 0.244 e. The van der Waals surface area contributed by atoms with Crippen LogP contribution in [0, 0.1) is 0 Å². The quantitative estimate of drug-likeness (QED) is 0.368. The fourth-order valence-corrected chi connectivity index (χ4v) is 4.56. The molecule has 0 radical (unpaired) electrons. The van der Waals surface area contributed by atoms with Crippen molar-refractivity contribution in [2.75, 3.05) is 11.9 Å². The molecule has 7 nitrogen and oxygen atoms in total. The second-order valence-electron chi connectivity index (χ2n) is 7.99. The topological polar surface area (TPSA) is 82.4 Å². The summed E-state index contributed by atoms with van der Waals surface area (Å²) >= 11 is 5.69. The zero-order valence-corrected chi connectivity index (χ0v) is 19.0. The molecule has 2 aromatic carbocycles. The van der Waals surface area contributed by atoms with Crippen molar-refractivity contribution >= 4 is 28.9 Å². The number of amides is 1. The molecule has 0 unspecified atom stereocenters. The van der Waals surface area contributed by atoms with Crippen LogP contribution in [0.4, 0.5) is 5.69 Å². The van der Waals surface area contributed by atoms with Crippen LogP contribution in [-0.4, -0.2) is 37.1 Å². The van der Waals surface area contributed by atoms with Crippen LogP contribution in [0.3, 0.4) is 0 Å². The Morgan fingerprint density at radius 1 is 1.00 bits per heavy atom. The Hall–Kier alpha value is -4.17. The predicted molar refractivity (Wildman–Crippen MR) is 135 cm³/mol. The van der Waals surface area contributed by atoms with E-state index in [0.29, 0.717) is 5.11 Å². The van der Waals surface area contributed by atoms with Crippen LogP contribution in [0.5, 0.6) is 5.75 Å². The number of aromatic nitrogens is 2. The minimum atomic E-state index is -0.285. The highest BCUT2D eigenvalue weighted by Crippen LogP contribution is 2.39. The van der Waals surface area contributed by atoms with E-state index in [9.17, 15) is 9.90 Å². The van der Waals surface area contributed by atoms with E-state index in [4.69, 9.17) is 12.2 Å². The van der Waals surface area contributed by atoms with Gasteiger partial charge in [0.1, 0.15) is 12.3 Å². The number of benzene rings is 2. The lowest BCUT2D eigenvalue weighted by molar-refractivity contribution is -0.116. The molecule has 34 heavy (non-hydrogen) atoms. The SMILES string of the molecule is O=C(CN1C(=S)N[C@@H](c2ccccn2)[C@@H]1c1cccn1-c1ccc(O)cc1)Nc1ccccc1. The van der Waals surface area contributed by atoms with E-state index in [1.807, 2.05) is 88.5 Å². The molecule has 3 heterocycles. The molecule has 3 N–H and O–H groups in total. The lowest BCUT2D eigenvalue weighted by Crippen LogP contribution is -2.37. The van der Waals surface area contributed by atoms with Gasteiger partial charge in [-0.05, 0) is 72.9 Å². The number of aromatic hydroxyl groups is 1. The van der Waals surface area contributed by atoms with Gasteiger partial charge in [0, 0.05) is 29.5 Å². The smallest absolute Gasteiger partial charge is 0.244 e. The van der Waals surface area contributed by atoms with Gasteiger partial charge in [-0.15, -0.1) is 0 Å². The van der Waals surface area contributed by atoms with Crippen molar-refractivity contribution in [1.82, 2.24) is 19.8 Å². The molecule has 0 bridgehead atoms. The molecule has 1 aliphatic rings. The lowest BCUT2D eigenvalue weighted by atomic mass is 10.0. The maximum absolute atomic E-state index is 13.0. The van der Waals surface area contributed by atoms with Crippen LogP contribution in [-0.2, 0) is 4.79 Å². The van der Waals surface area contributed by atoms with E-state index in [-0.39, 0.29) is 30.3 Å². The third-order valence-corrected chi connectivity index (χ3v) is 6.13. The Bertz CT molecular complexity index is 1290. The molecular formula is C26H23N5O2S. The summed E-state index contributed by atoms with van der Waals surface area (Å²) in [5.41, 5.74) is 3.40. The van der Waals surface area contributed by atoms with Gasteiger partial charge < -0.3 is 25.2 Å². The molecule has 170 valence electrons. The number of anilines is 1. The summed E-state index contributed by atoms with van der Waals surface area (Å²) in [5.74, 6) is 0.0384. The van der Waals surface area contributed by atoms with Crippen LogP contribution >= 0.6 is 12.2 Å². The largest absolute Gasteiger partial charge is 0.508 e. The van der Waals surface area contributed by atoms with Gasteiger partial charge in [0.25, 0.3) is 0 Å². The third-order valence-electron chi connectivity index (χ3n) is 5.78. The lowest BCUT2D eigenvalue weighted by Gasteiger charge is -2.28. The summed E-state index contributed by atoms with van der Waals surface area (Å²) in [6.45, 7) is 0.0789. The molecule has 5 rings (SSSR count). The summed E-state index contributed by atoms with van der Waals surface area (Å²) < 4.78 is 2.04. The highest BCUT2D eigenvalue weighted by Gasteiger charge is 2.42. The zero-order valence-electron chi connectivity index (χ0n) is 18.2. The van der Waals surface area contributed by atoms with E-state index in [0.717, 1.165) is 22.8 Å². The van der Waals surface area contributed by atoms with Crippen molar-refractivity contribution in [3.05, 3.63) is 109 Å². The molecule has 1 fully saturated rings. The molecule has 0 aliphatic carbocycles. The number of phenolic OH excluding ortho intramolecular Hbond substituents is 1. The molecule has 1 saturated heterocycles. The molecular weight excluding hydrogens is 446 g/mol. The van der Waals surface area contributed by atoms with Crippen molar-refractivity contribution in [1.29, 1.82) is 0 Å². The molecule has 0 spiro atoms. The number of hydrogen-bond donors (Lipinski definition) is 3. The van der Waals surface area contributed by atoms with Crippen LogP contribution in [0.2, 0.25) is 0 Å².